The van der Waals surface area contributed by atoms with Gasteiger partial charge in [0.2, 0.25) is 5.91 Å². The fraction of sp³-hybridized carbons (Fsp3) is 0.364. The SMILES string of the molecule is Cc1ccc(Cl)c(NC(=O)C2CSCN2)c1.Cl. The molecule has 0 spiro atoms. The number of nitrogens with one attached hydrogen (secondary N) is 2. The molecule has 1 aliphatic heterocycles. The summed E-state index contributed by atoms with van der Waals surface area (Å²) in [6.45, 7) is 1.97. The van der Waals surface area contributed by atoms with Crippen LogP contribution in [0.1, 0.15) is 5.56 Å². The van der Waals surface area contributed by atoms with Crippen LogP contribution in [-0.4, -0.2) is 23.6 Å². The Morgan fingerprint density at radius 3 is 3.00 bits per heavy atom. The van der Waals surface area contributed by atoms with Crippen molar-refractivity contribution in [1.82, 2.24) is 5.32 Å². The first-order chi connectivity index (χ1) is 7.66. The van der Waals surface area contributed by atoms with E-state index in [0.717, 1.165) is 17.2 Å². The molecule has 1 aliphatic rings. The minimum atomic E-state index is -0.110. The molecule has 0 aliphatic carbocycles. The van der Waals surface area contributed by atoms with Crippen molar-refractivity contribution in [1.29, 1.82) is 0 Å². The van der Waals surface area contributed by atoms with Crippen molar-refractivity contribution in [2.75, 3.05) is 16.9 Å². The number of benzene rings is 1. The number of hydrogen-bond acceptors (Lipinski definition) is 3. The molecule has 1 fully saturated rings. The number of halogens is 2. The van der Waals surface area contributed by atoms with Gasteiger partial charge in [-0.05, 0) is 24.6 Å². The Kier molecular flexibility index (Phi) is 5.59. The van der Waals surface area contributed by atoms with Crippen LogP contribution in [-0.2, 0) is 4.79 Å². The van der Waals surface area contributed by atoms with Crippen molar-refractivity contribution < 1.29 is 4.79 Å². The highest BCUT2D eigenvalue weighted by Crippen LogP contribution is 2.23. The predicted molar refractivity (Wildman–Crippen MR) is 76.3 cm³/mol. The van der Waals surface area contributed by atoms with Gasteiger partial charge < -0.3 is 5.32 Å². The summed E-state index contributed by atoms with van der Waals surface area (Å²) in [5, 5.41) is 6.54. The highest BCUT2D eigenvalue weighted by molar-refractivity contribution is 7.99. The monoisotopic (exact) mass is 292 g/mol. The van der Waals surface area contributed by atoms with Crippen molar-refractivity contribution >= 4 is 47.4 Å². The highest BCUT2D eigenvalue weighted by Gasteiger charge is 2.22. The molecule has 1 aromatic carbocycles. The Labute approximate surface area is 116 Å². The molecule has 17 heavy (non-hydrogen) atoms. The summed E-state index contributed by atoms with van der Waals surface area (Å²) in [6, 6.07) is 5.48. The zero-order valence-electron chi connectivity index (χ0n) is 9.33. The maximum Gasteiger partial charge on any atom is 0.242 e. The second-order valence-electron chi connectivity index (χ2n) is 3.74. The topological polar surface area (TPSA) is 41.1 Å². The van der Waals surface area contributed by atoms with E-state index in [1.165, 1.54) is 0 Å². The quantitative estimate of drug-likeness (QED) is 0.881. The number of hydrogen-bond donors (Lipinski definition) is 2. The molecular formula is C11H14Cl2N2OS. The Morgan fingerprint density at radius 1 is 1.59 bits per heavy atom. The van der Waals surface area contributed by atoms with E-state index in [1.54, 1.807) is 17.8 Å². The van der Waals surface area contributed by atoms with Gasteiger partial charge in [0, 0.05) is 11.6 Å². The van der Waals surface area contributed by atoms with Gasteiger partial charge in [-0.3, -0.25) is 10.1 Å². The van der Waals surface area contributed by atoms with Crippen LogP contribution in [0.25, 0.3) is 0 Å². The van der Waals surface area contributed by atoms with Crippen LogP contribution >= 0.6 is 35.8 Å². The second-order valence-corrected chi connectivity index (χ2v) is 5.18. The zero-order chi connectivity index (χ0) is 11.5. The normalized spacial score (nSPS) is 18.6. The van der Waals surface area contributed by atoms with Gasteiger partial charge in [-0.2, -0.15) is 0 Å². The first-order valence-electron chi connectivity index (χ1n) is 5.05. The molecular weight excluding hydrogens is 279 g/mol. The van der Waals surface area contributed by atoms with Crippen LogP contribution < -0.4 is 10.6 Å². The number of carbonyl (C=O) groups excluding carboxylic acids is 1. The summed E-state index contributed by atoms with van der Waals surface area (Å²) < 4.78 is 0. The van der Waals surface area contributed by atoms with Crippen molar-refractivity contribution in [2.24, 2.45) is 0 Å². The predicted octanol–water partition coefficient (Wildman–Crippen LogP) is 2.67. The smallest absolute Gasteiger partial charge is 0.242 e. The summed E-state index contributed by atoms with van der Waals surface area (Å²) in [5.74, 6) is 1.63. The average Bonchev–Trinajstić information content (AvgIpc) is 2.76. The van der Waals surface area contributed by atoms with E-state index in [1.807, 2.05) is 19.1 Å². The first kappa shape index (κ1) is 14.6. The molecule has 0 aromatic heterocycles. The lowest BCUT2D eigenvalue weighted by atomic mass is 10.2. The third-order valence-corrected chi connectivity index (χ3v) is 3.68. The molecule has 1 saturated heterocycles. The van der Waals surface area contributed by atoms with E-state index in [-0.39, 0.29) is 24.4 Å². The molecule has 1 aromatic rings. The van der Waals surface area contributed by atoms with E-state index in [2.05, 4.69) is 10.6 Å². The largest absolute Gasteiger partial charge is 0.323 e. The van der Waals surface area contributed by atoms with Gasteiger partial charge in [-0.15, -0.1) is 24.2 Å². The van der Waals surface area contributed by atoms with Gasteiger partial charge in [-0.25, -0.2) is 0 Å². The Morgan fingerprint density at radius 2 is 2.35 bits per heavy atom. The second kappa shape index (κ2) is 6.50. The van der Waals surface area contributed by atoms with Crippen LogP contribution in [0.4, 0.5) is 5.69 Å². The molecule has 1 heterocycles. The molecule has 1 amide bonds. The lowest BCUT2D eigenvalue weighted by Gasteiger charge is -2.12. The van der Waals surface area contributed by atoms with Gasteiger partial charge in [-0.1, -0.05) is 17.7 Å². The molecule has 2 N–H and O–H groups in total. The van der Waals surface area contributed by atoms with E-state index in [4.69, 9.17) is 11.6 Å². The van der Waals surface area contributed by atoms with Crippen molar-refractivity contribution in [3.05, 3.63) is 28.8 Å². The first-order valence-corrected chi connectivity index (χ1v) is 6.58. The Hall–Kier alpha value is -0.420. The van der Waals surface area contributed by atoms with Crippen LogP contribution in [0.5, 0.6) is 0 Å². The summed E-state index contributed by atoms with van der Waals surface area (Å²) >= 11 is 7.73. The standard InChI is InChI=1S/C11H13ClN2OS.ClH/c1-7-2-3-8(12)9(4-7)14-11(15)10-5-16-6-13-10;/h2-4,10,13H,5-6H2,1H3,(H,14,15);1H. The van der Waals surface area contributed by atoms with Crippen molar-refractivity contribution in [3.63, 3.8) is 0 Å². The summed E-state index contributed by atoms with van der Waals surface area (Å²) in [5.41, 5.74) is 1.76. The van der Waals surface area contributed by atoms with Crippen LogP contribution in [0.3, 0.4) is 0 Å². The van der Waals surface area contributed by atoms with Crippen LogP contribution in [0.15, 0.2) is 18.2 Å². The van der Waals surface area contributed by atoms with E-state index < -0.39 is 0 Å². The maximum atomic E-state index is 11.8. The van der Waals surface area contributed by atoms with Gasteiger partial charge in [0.25, 0.3) is 0 Å². The number of aryl methyl sites for hydroxylation is 1. The number of rotatable bonds is 2. The summed E-state index contributed by atoms with van der Waals surface area (Å²) in [7, 11) is 0. The minimum absolute atomic E-state index is 0. The van der Waals surface area contributed by atoms with Crippen molar-refractivity contribution in [2.45, 2.75) is 13.0 Å². The third kappa shape index (κ3) is 3.78. The lowest BCUT2D eigenvalue weighted by Crippen LogP contribution is -2.37. The van der Waals surface area contributed by atoms with E-state index in [0.29, 0.717) is 10.7 Å². The fourth-order valence-corrected chi connectivity index (χ4v) is 2.62. The van der Waals surface area contributed by atoms with E-state index >= 15 is 0 Å². The van der Waals surface area contributed by atoms with Gasteiger partial charge in [0.1, 0.15) is 0 Å². The molecule has 0 bridgehead atoms. The molecule has 2 rings (SSSR count). The fourth-order valence-electron chi connectivity index (χ4n) is 1.52. The van der Waals surface area contributed by atoms with Gasteiger partial charge in [0.05, 0.1) is 16.8 Å². The lowest BCUT2D eigenvalue weighted by molar-refractivity contribution is -0.117. The molecule has 94 valence electrons. The molecule has 1 atom stereocenters. The Bertz CT molecular complexity index is 408. The number of anilines is 1. The third-order valence-electron chi connectivity index (χ3n) is 2.41. The molecule has 3 nitrogen and oxygen atoms in total. The number of amides is 1. The Balaban J connectivity index is 0.00000144. The summed E-state index contributed by atoms with van der Waals surface area (Å²) in [6.07, 6.45) is 0. The van der Waals surface area contributed by atoms with Crippen LogP contribution in [0, 0.1) is 6.92 Å². The maximum absolute atomic E-state index is 11.8. The molecule has 0 radical (unpaired) electrons. The minimum Gasteiger partial charge on any atom is -0.323 e. The van der Waals surface area contributed by atoms with Gasteiger partial charge in [0.15, 0.2) is 0 Å². The highest BCUT2D eigenvalue weighted by atomic mass is 35.5. The molecule has 0 saturated carbocycles. The van der Waals surface area contributed by atoms with Crippen LogP contribution in [0.2, 0.25) is 5.02 Å². The van der Waals surface area contributed by atoms with E-state index in [9.17, 15) is 4.79 Å². The summed E-state index contributed by atoms with van der Waals surface area (Å²) in [4.78, 5) is 11.8. The molecule has 1 unspecified atom stereocenters. The molecule has 6 heteroatoms. The number of carbonyl (C=O) groups is 1. The average molecular weight is 293 g/mol. The number of thioether (sulfide) groups is 1. The van der Waals surface area contributed by atoms with Crippen molar-refractivity contribution in [3.8, 4) is 0 Å². The van der Waals surface area contributed by atoms with Gasteiger partial charge >= 0.3 is 0 Å². The zero-order valence-corrected chi connectivity index (χ0v) is 11.7.